The molecule has 0 aromatic rings. The van der Waals surface area contributed by atoms with Gasteiger partial charge < -0.3 is 10.2 Å². The average molecular weight is 236 g/mol. The van der Waals surface area contributed by atoms with E-state index in [0.29, 0.717) is 0 Å². The van der Waals surface area contributed by atoms with E-state index < -0.39 is 0 Å². The largest absolute Gasteiger partial charge is 0.313 e. The van der Waals surface area contributed by atoms with Gasteiger partial charge in [-0.3, -0.25) is 0 Å². The summed E-state index contributed by atoms with van der Waals surface area (Å²) in [5.74, 6) is 0. The molecule has 0 amide bonds. The third kappa shape index (κ3) is 2.85. The predicted molar refractivity (Wildman–Crippen MR) is 72.2 cm³/mol. The minimum absolute atomic E-state index is 0.808. The first-order chi connectivity index (χ1) is 8.36. The normalized spacial score (nSPS) is 29.6. The maximum atomic E-state index is 3.78. The molecule has 2 saturated carbocycles. The molecule has 2 nitrogen and oxygen atoms in total. The molecule has 2 aliphatic carbocycles. The molecule has 1 heterocycles. The van der Waals surface area contributed by atoms with E-state index in [1.807, 2.05) is 0 Å². The van der Waals surface area contributed by atoms with Crippen LogP contribution in [0.15, 0.2) is 0 Å². The summed E-state index contributed by atoms with van der Waals surface area (Å²) in [5, 5.41) is 3.78. The molecule has 0 bridgehead atoms. The molecular formula is C15H28N2. The van der Waals surface area contributed by atoms with Gasteiger partial charge in [0.2, 0.25) is 0 Å². The summed E-state index contributed by atoms with van der Waals surface area (Å²) in [7, 11) is 0. The average Bonchev–Trinajstić information content (AvgIpc) is 2.47. The van der Waals surface area contributed by atoms with Crippen LogP contribution in [0.4, 0.5) is 0 Å². The van der Waals surface area contributed by atoms with E-state index in [-0.39, 0.29) is 0 Å². The van der Waals surface area contributed by atoms with Gasteiger partial charge in [-0.25, -0.2) is 0 Å². The van der Waals surface area contributed by atoms with Crippen molar-refractivity contribution in [2.24, 2.45) is 5.41 Å². The van der Waals surface area contributed by atoms with Crippen molar-refractivity contribution in [3.8, 4) is 0 Å². The van der Waals surface area contributed by atoms with Gasteiger partial charge in [0.05, 0.1) is 0 Å². The van der Waals surface area contributed by atoms with E-state index in [9.17, 15) is 0 Å². The quantitative estimate of drug-likeness (QED) is 0.755. The summed E-state index contributed by atoms with van der Waals surface area (Å²) in [6.45, 7) is 5.32. The first kappa shape index (κ1) is 12.0. The highest BCUT2D eigenvalue weighted by molar-refractivity contribution is 5.00. The van der Waals surface area contributed by atoms with Gasteiger partial charge in [0.15, 0.2) is 0 Å². The maximum Gasteiger partial charge on any atom is 0.0107 e. The molecule has 1 spiro atoms. The van der Waals surface area contributed by atoms with E-state index in [0.717, 1.165) is 11.5 Å². The standard InChI is InChI=1S/C15H28N2/c1-2-4-7-14(6-3-1)16-10-11-17-12-15(13-17)8-5-9-15/h14,16H,1-13H2. The van der Waals surface area contributed by atoms with Gasteiger partial charge in [-0.2, -0.15) is 0 Å². The molecule has 0 unspecified atom stereocenters. The third-order valence-electron chi connectivity index (χ3n) is 5.25. The van der Waals surface area contributed by atoms with E-state index >= 15 is 0 Å². The second kappa shape index (κ2) is 5.27. The van der Waals surface area contributed by atoms with Crippen LogP contribution in [0, 0.1) is 5.41 Å². The summed E-state index contributed by atoms with van der Waals surface area (Å²) in [5.41, 5.74) is 0.808. The molecule has 0 aromatic heterocycles. The maximum absolute atomic E-state index is 3.78. The van der Waals surface area contributed by atoms with Gasteiger partial charge in [0.25, 0.3) is 0 Å². The Hall–Kier alpha value is -0.0800. The van der Waals surface area contributed by atoms with Crippen LogP contribution in [0.25, 0.3) is 0 Å². The number of nitrogens with zero attached hydrogens (tertiary/aromatic N) is 1. The number of likely N-dealkylation sites (tertiary alicyclic amines) is 1. The van der Waals surface area contributed by atoms with Gasteiger partial charge in [0, 0.05) is 32.2 Å². The van der Waals surface area contributed by atoms with Crippen molar-refractivity contribution in [3.63, 3.8) is 0 Å². The van der Waals surface area contributed by atoms with Gasteiger partial charge in [-0.1, -0.05) is 32.1 Å². The summed E-state index contributed by atoms with van der Waals surface area (Å²) >= 11 is 0. The smallest absolute Gasteiger partial charge is 0.0107 e. The van der Waals surface area contributed by atoms with E-state index in [4.69, 9.17) is 0 Å². The number of hydrogen-bond acceptors (Lipinski definition) is 2. The lowest BCUT2D eigenvalue weighted by atomic mass is 9.63. The molecule has 1 N–H and O–H groups in total. The Morgan fingerprint density at radius 1 is 0.941 bits per heavy atom. The zero-order valence-corrected chi connectivity index (χ0v) is 11.2. The Bertz CT molecular complexity index is 231. The van der Waals surface area contributed by atoms with Gasteiger partial charge in [0.1, 0.15) is 0 Å². The van der Waals surface area contributed by atoms with Crippen LogP contribution in [-0.4, -0.2) is 37.1 Å². The molecular weight excluding hydrogens is 208 g/mol. The molecule has 1 aliphatic heterocycles. The Labute approximate surface area is 106 Å². The topological polar surface area (TPSA) is 15.3 Å². The lowest BCUT2D eigenvalue weighted by Crippen LogP contribution is -2.60. The van der Waals surface area contributed by atoms with Crippen LogP contribution in [0.3, 0.4) is 0 Å². The minimum Gasteiger partial charge on any atom is -0.313 e. The summed E-state index contributed by atoms with van der Waals surface area (Å²) in [6, 6.07) is 0.830. The first-order valence-corrected chi connectivity index (χ1v) is 7.82. The van der Waals surface area contributed by atoms with E-state index in [1.54, 1.807) is 0 Å². The molecule has 0 atom stereocenters. The molecule has 17 heavy (non-hydrogen) atoms. The first-order valence-electron chi connectivity index (χ1n) is 7.82. The molecule has 3 fully saturated rings. The Balaban J connectivity index is 1.27. The summed E-state index contributed by atoms with van der Waals surface area (Å²) < 4.78 is 0. The zero-order chi connectivity index (χ0) is 11.6. The molecule has 3 rings (SSSR count). The van der Waals surface area contributed by atoms with Crippen molar-refractivity contribution in [2.75, 3.05) is 26.2 Å². The van der Waals surface area contributed by atoms with Crippen LogP contribution < -0.4 is 5.32 Å². The monoisotopic (exact) mass is 236 g/mol. The van der Waals surface area contributed by atoms with Gasteiger partial charge >= 0.3 is 0 Å². The fourth-order valence-electron chi connectivity index (χ4n) is 3.96. The third-order valence-corrected chi connectivity index (χ3v) is 5.25. The van der Waals surface area contributed by atoms with Crippen LogP contribution in [0.2, 0.25) is 0 Å². The minimum atomic E-state index is 0.808. The van der Waals surface area contributed by atoms with E-state index in [2.05, 4.69) is 10.2 Å². The van der Waals surface area contributed by atoms with Crippen molar-refractivity contribution in [1.29, 1.82) is 0 Å². The highest BCUT2D eigenvalue weighted by Gasteiger charge is 2.46. The van der Waals surface area contributed by atoms with Gasteiger partial charge in [-0.15, -0.1) is 0 Å². The number of hydrogen-bond donors (Lipinski definition) is 1. The van der Waals surface area contributed by atoms with Crippen LogP contribution in [0.1, 0.15) is 57.8 Å². The highest BCUT2D eigenvalue weighted by Crippen LogP contribution is 2.47. The predicted octanol–water partition coefficient (Wildman–Crippen LogP) is 2.78. The molecule has 1 saturated heterocycles. The van der Waals surface area contributed by atoms with E-state index in [1.165, 1.54) is 84.0 Å². The van der Waals surface area contributed by atoms with Crippen LogP contribution in [-0.2, 0) is 0 Å². The fourth-order valence-corrected chi connectivity index (χ4v) is 3.96. The fraction of sp³-hybridized carbons (Fsp3) is 1.00. The summed E-state index contributed by atoms with van der Waals surface area (Å²) in [6.07, 6.45) is 13.2. The molecule has 0 radical (unpaired) electrons. The molecule has 0 aromatic carbocycles. The summed E-state index contributed by atoms with van der Waals surface area (Å²) in [4.78, 5) is 2.66. The number of rotatable bonds is 4. The van der Waals surface area contributed by atoms with Crippen LogP contribution >= 0.6 is 0 Å². The van der Waals surface area contributed by atoms with Crippen molar-refractivity contribution in [3.05, 3.63) is 0 Å². The molecule has 98 valence electrons. The van der Waals surface area contributed by atoms with Crippen LogP contribution in [0.5, 0.6) is 0 Å². The number of nitrogens with one attached hydrogen (secondary N) is 1. The van der Waals surface area contributed by atoms with Gasteiger partial charge in [-0.05, 0) is 31.1 Å². The molecule has 2 heteroatoms. The second-order valence-electron chi connectivity index (χ2n) is 6.71. The Morgan fingerprint density at radius 2 is 1.65 bits per heavy atom. The van der Waals surface area contributed by atoms with Crippen molar-refractivity contribution in [2.45, 2.75) is 63.8 Å². The Kier molecular flexibility index (Phi) is 3.72. The highest BCUT2D eigenvalue weighted by atomic mass is 15.2. The zero-order valence-electron chi connectivity index (χ0n) is 11.2. The second-order valence-corrected chi connectivity index (χ2v) is 6.71. The van der Waals surface area contributed by atoms with Crippen molar-refractivity contribution < 1.29 is 0 Å². The lowest BCUT2D eigenvalue weighted by molar-refractivity contribution is -0.0587. The molecule has 3 aliphatic rings. The lowest BCUT2D eigenvalue weighted by Gasteiger charge is -2.56. The van der Waals surface area contributed by atoms with Crippen molar-refractivity contribution in [1.82, 2.24) is 10.2 Å². The van der Waals surface area contributed by atoms with Crippen molar-refractivity contribution >= 4 is 0 Å². The SMILES string of the molecule is C1CCCC(NCCN2CC3(CCC3)C2)CC1. The Morgan fingerprint density at radius 3 is 2.24 bits per heavy atom.